The summed E-state index contributed by atoms with van der Waals surface area (Å²) in [6.07, 6.45) is -0.205. The van der Waals surface area contributed by atoms with Gasteiger partial charge in [0.05, 0.1) is 13.5 Å². The molecule has 1 fully saturated rings. The molecule has 0 aliphatic carbocycles. The summed E-state index contributed by atoms with van der Waals surface area (Å²) in [6.45, 7) is 4.45. The molecule has 2 rings (SSSR count). The first-order valence-electron chi connectivity index (χ1n) is 6.95. The summed E-state index contributed by atoms with van der Waals surface area (Å²) in [6, 6.07) is 6.41. The minimum atomic E-state index is -1.03. The van der Waals surface area contributed by atoms with Crippen LogP contribution >= 0.6 is 0 Å². The molecule has 3 N–H and O–H groups in total. The van der Waals surface area contributed by atoms with Crippen LogP contribution in [0.2, 0.25) is 0 Å². The lowest BCUT2D eigenvalue weighted by Gasteiger charge is -2.22. The van der Waals surface area contributed by atoms with Gasteiger partial charge in [-0.25, -0.2) is 0 Å². The van der Waals surface area contributed by atoms with Crippen LogP contribution in [0.5, 0.6) is 5.75 Å². The molecule has 1 saturated heterocycles. The number of carboxylic acid groups (broad SMARTS) is 2. The molecule has 0 unspecified atom stereocenters. The monoisotopic (exact) mass is 305 g/mol. The van der Waals surface area contributed by atoms with E-state index in [1.165, 1.54) is 0 Å². The van der Waals surface area contributed by atoms with Crippen LogP contribution in [0, 0.1) is 11.8 Å². The molecule has 1 aliphatic heterocycles. The summed E-state index contributed by atoms with van der Waals surface area (Å²) in [4.78, 5) is 22.3. The Kier molecular flexibility index (Phi) is 4.82. The largest absolute Gasteiger partial charge is 0.497 e. The quantitative estimate of drug-likeness (QED) is 0.736. The molecule has 0 bridgehead atoms. The van der Waals surface area contributed by atoms with Gasteiger partial charge in [0.1, 0.15) is 11.8 Å². The highest BCUT2D eigenvalue weighted by molar-refractivity contribution is 5.78. The standard InChI is InChI=1S/C16H19NO5/c1-9(10-3-5-11(22-2)6-4-10)13-8-17-15(16(20)21)12(13)7-14(18)19/h3-6,12-13,15,17H,1,7-8H2,2H3,(H,18,19)(H,20,21)/t12-,13+,15-/m0/s1. The lowest BCUT2D eigenvalue weighted by atomic mass is 9.81. The number of nitrogens with one attached hydrogen (secondary N) is 1. The summed E-state index contributed by atoms with van der Waals surface area (Å²) in [5.41, 5.74) is 1.60. The van der Waals surface area contributed by atoms with E-state index in [2.05, 4.69) is 11.9 Å². The van der Waals surface area contributed by atoms with Crippen molar-refractivity contribution in [3.05, 3.63) is 36.4 Å². The number of hydrogen-bond donors (Lipinski definition) is 3. The second kappa shape index (κ2) is 6.62. The maximum atomic E-state index is 11.3. The van der Waals surface area contributed by atoms with E-state index in [9.17, 15) is 14.7 Å². The second-order valence-corrected chi connectivity index (χ2v) is 5.35. The summed E-state index contributed by atoms with van der Waals surface area (Å²) >= 11 is 0. The zero-order chi connectivity index (χ0) is 16.3. The van der Waals surface area contributed by atoms with Gasteiger partial charge >= 0.3 is 11.9 Å². The molecule has 22 heavy (non-hydrogen) atoms. The molecule has 0 aromatic heterocycles. The van der Waals surface area contributed by atoms with Gasteiger partial charge in [-0.05, 0) is 23.3 Å². The molecule has 0 saturated carbocycles. The van der Waals surface area contributed by atoms with Crippen molar-refractivity contribution in [2.75, 3.05) is 13.7 Å². The van der Waals surface area contributed by atoms with E-state index < -0.39 is 23.9 Å². The summed E-state index contributed by atoms with van der Waals surface area (Å²) in [7, 11) is 1.57. The Balaban J connectivity index is 2.22. The topological polar surface area (TPSA) is 95.9 Å². The predicted molar refractivity (Wildman–Crippen MR) is 80.7 cm³/mol. The van der Waals surface area contributed by atoms with Crippen LogP contribution in [0.15, 0.2) is 30.8 Å². The van der Waals surface area contributed by atoms with Gasteiger partial charge < -0.3 is 20.3 Å². The fraction of sp³-hybridized carbons (Fsp3) is 0.375. The first-order valence-corrected chi connectivity index (χ1v) is 6.95. The summed E-state index contributed by atoms with van der Waals surface area (Å²) in [5, 5.41) is 21.2. The minimum absolute atomic E-state index is 0.205. The first-order chi connectivity index (χ1) is 10.4. The second-order valence-electron chi connectivity index (χ2n) is 5.35. The van der Waals surface area contributed by atoms with Crippen molar-refractivity contribution >= 4 is 17.5 Å². The highest BCUT2D eigenvalue weighted by Gasteiger charge is 2.42. The minimum Gasteiger partial charge on any atom is -0.497 e. The lowest BCUT2D eigenvalue weighted by molar-refractivity contribution is -0.142. The Labute approximate surface area is 128 Å². The van der Waals surface area contributed by atoms with Gasteiger partial charge in [0.15, 0.2) is 0 Å². The van der Waals surface area contributed by atoms with Crippen molar-refractivity contribution in [1.82, 2.24) is 5.32 Å². The molecule has 118 valence electrons. The summed E-state index contributed by atoms with van der Waals surface area (Å²) < 4.78 is 5.10. The number of carboxylic acids is 2. The van der Waals surface area contributed by atoms with Crippen LogP contribution in [0.25, 0.3) is 5.57 Å². The molecule has 0 spiro atoms. The highest BCUT2D eigenvalue weighted by Crippen LogP contribution is 2.36. The van der Waals surface area contributed by atoms with Crippen LogP contribution in [-0.2, 0) is 9.59 Å². The van der Waals surface area contributed by atoms with Crippen LogP contribution < -0.4 is 10.1 Å². The normalized spacial score (nSPS) is 24.0. The molecule has 0 radical (unpaired) electrons. The van der Waals surface area contributed by atoms with E-state index in [0.29, 0.717) is 12.3 Å². The number of benzene rings is 1. The van der Waals surface area contributed by atoms with Crippen molar-refractivity contribution in [1.29, 1.82) is 0 Å². The molecule has 1 heterocycles. The van der Waals surface area contributed by atoms with Crippen LogP contribution in [0.4, 0.5) is 0 Å². The van der Waals surface area contributed by atoms with Gasteiger partial charge in [0, 0.05) is 18.4 Å². The van der Waals surface area contributed by atoms with E-state index in [1.807, 2.05) is 12.1 Å². The first kappa shape index (κ1) is 16.0. The van der Waals surface area contributed by atoms with Crippen molar-refractivity contribution in [3.8, 4) is 5.75 Å². The van der Waals surface area contributed by atoms with Crippen molar-refractivity contribution in [2.24, 2.45) is 11.8 Å². The van der Waals surface area contributed by atoms with Crippen molar-refractivity contribution in [3.63, 3.8) is 0 Å². The SMILES string of the molecule is C=C(c1ccc(OC)cc1)[C@H]1CN[C@H](C(=O)O)[C@H]1CC(=O)O. The Morgan fingerprint density at radius 2 is 1.95 bits per heavy atom. The molecule has 1 aromatic carbocycles. The summed E-state index contributed by atoms with van der Waals surface area (Å²) in [5.74, 6) is -2.08. The van der Waals surface area contributed by atoms with Gasteiger partial charge in [-0.3, -0.25) is 9.59 Å². The van der Waals surface area contributed by atoms with Gasteiger partial charge in [0.2, 0.25) is 0 Å². The molecule has 3 atom stereocenters. The number of rotatable bonds is 6. The molecular weight excluding hydrogens is 286 g/mol. The number of hydrogen-bond acceptors (Lipinski definition) is 4. The number of methoxy groups -OCH3 is 1. The van der Waals surface area contributed by atoms with Gasteiger partial charge in [-0.2, -0.15) is 0 Å². The van der Waals surface area contributed by atoms with Crippen molar-refractivity contribution in [2.45, 2.75) is 12.5 Å². The Bertz CT molecular complexity index is 581. The predicted octanol–water partition coefficient (Wildman–Crippen LogP) is 1.47. The third-order valence-electron chi connectivity index (χ3n) is 4.09. The zero-order valence-electron chi connectivity index (χ0n) is 12.3. The fourth-order valence-corrected chi connectivity index (χ4v) is 2.92. The van der Waals surface area contributed by atoms with Gasteiger partial charge in [0.25, 0.3) is 0 Å². The van der Waals surface area contributed by atoms with Gasteiger partial charge in [-0.15, -0.1) is 0 Å². The van der Waals surface area contributed by atoms with Gasteiger partial charge in [-0.1, -0.05) is 18.7 Å². The Morgan fingerprint density at radius 3 is 2.45 bits per heavy atom. The Hall–Kier alpha value is -2.34. The lowest BCUT2D eigenvalue weighted by Crippen LogP contribution is -2.36. The maximum Gasteiger partial charge on any atom is 0.321 e. The third kappa shape index (κ3) is 3.28. The highest BCUT2D eigenvalue weighted by atomic mass is 16.5. The number of carbonyl (C=O) groups is 2. The van der Waals surface area contributed by atoms with Crippen LogP contribution in [0.3, 0.4) is 0 Å². The van der Waals surface area contributed by atoms with E-state index in [1.54, 1.807) is 19.2 Å². The molecule has 6 nitrogen and oxygen atoms in total. The third-order valence-corrected chi connectivity index (χ3v) is 4.09. The smallest absolute Gasteiger partial charge is 0.321 e. The average Bonchev–Trinajstić information content (AvgIpc) is 2.89. The van der Waals surface area contributed by atoms with Crippen LogP contribution in [0.1, 0.15) is 12.0 Å². The van der Waals surface area contributed by atoms with E-state index in [0.717, 1.165) is 11.1 Å². The number of ether oxygens (including phenoxy) is 1. The van der Waals surface area contributed by atoms with E-state index in [4.69, 9.17) is 9.84 Å². The van der Waals surface area contributed by atoms with E-state index in [-0.39, 0.29) is 12.3 Å². The average molecular weight is 305 g/mol. The molecule has 1 aliphatic rings. The Morgan fingerprint density at radius 1 is 1.32 bits per heavy atom. The van der Waals surface area contributed by atoms with Crippen LogP contribution in [-0.4, -0.2) is 41.8 Å². The molecule has 1 aromatic rings. The fourth-order valence-electron chi connectivity index (χ4n) is 2.92. The number of aliphatic carboxylic acids is 2. The molecule has 6 heteroatoms. The van der Waals surface area contributed by atoms with Crippen molar-refractivity contribution < 1.29 is 24.5 Å². The molecular formula is C16H19NO5. The zero-order valence-corrected chi connectivity index (χ0v) is 12.3. The molecule has 0 amide bonds. The maximum absolute atomic E-state index is 11.3. The van der Waals surface area contributed by atoms with E-state index >= 15 is 0 Å².